The highest BCUT2D eigenvalue weighted by Gasteiger charge is 2.29. The van der Waals surface area contributed by atoms with Gasteiger partial charge in [0.1, 0.15) is 5.60 Å². The minimum Gasteiger partial charge on any atom is -0.444 e. The minimum absolute atomic E-state index is 0.0662. The summed E-state index contributed by atoms with van der Waals surface area (Å²) in [5, 5.41) is 14.9. The zero-order valence-corrected chi connectivity index (χ0v) is 15.8. The number of hydrogen-bond acceptors (Lipinski definition) is 7. The van der Waals surface area contributed by atoms with Gasteiger partial charge in [0.05, 0.1) is 15.1 Å². The van der Waals surface area contributed by atoms with Gasteiger partial charge in [-0.25, -0.2) is 9.78 Å². The lowest BCUT2D eigenvalue weighted by molar-refractivity contribution is -0.384. The van der Waals surface area contributed by atoms with Gasteiger partial charge in [-0.15, -0.1) is 0 Å². The number of carbonyl (C=O) groups is 1. The largest absolute Gasteiger partial charge is 0.444 e. The van der Waals surface area contributed by atoms with Crippen LogP contribution in [-0.2, 0) is 4.74 Å². The van der Waals surface area contributed by atoms with Crippen molar-refractivity contribution in [1.82, 2.24) is 9.88 Å². The number of hydrogen-bond donors (Lipinski definition) is 1. The molecule has 0 radical (unpaired) electrons. The SMILES string of the molecule is CC(C)(C)OC(=O)N1CCC(CNc2nc3ccc([N+](=O)[O-])cc3s2)C1. The molecular formula is C17H22N4O4S. The Morgan fingerprint density at radius 2 is 2.27 bits per heavy atom. The number of ether oxygens (including phenoxy) is 1. The van der Waals surface area contributed by atoms with E-state index >= 15 is 0 Å². The third-order valence-corrected chi connectivity index (χ3v) is 5.04. The average molecular weight is 378 g/mol. The number of thiazole rings is 1. The zero-order valence-electron chi connectivity index (χ0n) is 15.0. The first-order valence-electron chi connectivity index (χ1n) is 8.48. The molecule has 3 rings (SSSR count). The number of nitro groups is 1. The van der Waals surface area contributed by atoms with Crippen LogP contribution in [0.15, 0.2) is 18.2 Å². The summed E-state index contributed by atoms with van der Waals surface area (Å²) < 4.78 is 6.19. The van der Waals surface area contributed by atoms with E-state index in [4.69, 9.17) is 4.74 Å². The number of anilines is 1. The number of nitrogens with one attached hydrogen (secondary N) is 1. The van der Waals surface area contributed by atoms with Crippen LogP contribution in [0.1, 0.15) is 27.2 Å². The number of nitro benzene ring substituents is 1. The number of carbonyl (C=O) groups excluding carboxylic acids is 1. The Morgan fingerprint density at radius 1 is 1.50 bits per heavy atom. The Balaban J connectivity index is 1.56. The Labute approximate surface area is 155 Å². The van der Waals surface area contributed by atoms with Crippen molar-refractivity contribution in [3.05, 3.63) is 28.3 Å². The first kappa shape index (κ1) is 18.4. The van der Waals surface area contributed by atoms with Gasteiger partial charge in [-0.3, -0.25) is 10.1 Å². The first-order chi connectivity index (χ1) is 12.2. The van der Waals surface area contributed by atoms with E-state index in [1.54, 1.807) is 11.0 Å². The van der Waals surface area contributed by atoms with Crippen molar-refractivity contribution in [2.24, 2.45) is 5.92 Å². The van der Waals surface area contributed by atoms with Crippen LogP contribution >= 0.6 is 11.3 Å². The Kier molecular flexibility index (Phi) is 4.99. The van der Waals surface area contributed by atoms with Crippen LogP contribution in [0.3, 0.4) is 0 Å². The Hall–Kier alpha value is -2.42. The summed E-state index contributed by atoms with van der Waals surface area (Å²) in [7, 11) is 0. The monoisotopic (exact) mass is 378 g/mol. The maximum absolute atomic E-state index is 12.1. The van der Waals surface area contributed by atoms with Crippen molar-refractivity contribution in [1.29, 1.82) is 0 Å². The lowest BCUT2D eigenvalue weighted by atomic mass is 10.1. The van der Waals surface area contributed by atoms with Gasteiger partial charge in [-0.2, -0.15) is 0 Å². The predicted molar refractivity (Wildman–Crippen MR) is 101 cm³/mol. The number of benzene rings is 1. The van der Waals surface area contributed by atoms with Crippen molar-refractivity contribution in [2.75, 3.05) is 25.0 Å². The molecule has 140 valence electrons. The second kappa shape index (κ2) is 7.06. The molecule has 9 heteroatoms. The smallest absolute Gasteiger partial charge is 0.410 e. The normalized spacial score (nSPS) is 17.5. The number of fused-ring (bicyclic) bond motifs is 1. The van der Waals surface area contributed by atoms with E-state index in [1.165, 1.54) is 23.5 Å². The van der Waals surface area contributed by atoms with E-state index in [2.05, 4.69) is 10.3 Å². The van der Waals surface area contributed by atoms with Gasteiger partial charge in [-0.05, 0) is 39.2 Å². The van der Waals surface area contributed by atoms with Gasteiger partial charge in [0.25, 0.3) is 5.69 Å². The molecule has 0 aliphatic carbocycles. The molecule has 26 heavy (non-hydrogen) atoms. The fourth-order valence-corrected chi connectivity index (χ4v) is 3.73. The van der Waals surface area contributed by atoms with Crippen molar-refractivity contribution in [3.8, 4) is 0 Å². The summed E-state index contributed by atoms with van der Waals surface area (Å²) in [6, 6.07) is 4.66. The van der Waals surface area contributed by atoms with Crippen molar-refractivity contribution >= 4 is 38.5 Å². The fraction of sp³-hybridized carbons (Fsp3) is 0.529. The number of likely N-dealkylation sites (tertiary alicyclic amines) is 1. The molecule has 0 spiro atoms. The van der Waals surface area contributed by atoms with Crippen molar-refractivity contribution in [3.63, 3.8) is 0 Å². The third kappa shape index (κ3) is 4.40. The molecule has 1 atom stereocenters. The molecule has 1 N–H and O–H groups in total. The Bertz CT molecular complexity index is 830. The molecule has 8 nitrogen and oxygen atoms in total. The Morgan fingerprint density at radius 3 is 2.96 bits per heavy atom. The van der Waals surface area contributed by atoms with Crippen molar-refractivity contribution in [2.45, 2.75) is 32.8 Å². The topological polar surface area (TPSA) is 97.6 Å². The van der Waals surface area contributed by atoms with Crippen LogP contribution in [0.25, 0.3) is 10.2 Å². The molecule has 1 aromatic carbocycles. The van der Waals surface area contributed by atoms with Crippen LogP contribution in [-0.4, -0.2) is 46.1 Å². The van der Waals surface area contributed by atoms with Crippen molar-refractivity contribution < 1.29 is 14.5 Å². The lowest BCUT2D eigenvalue weighted by Gasteiger charge is -2.24. The summed E-state index contributed by atoms with van der Waals surface area (Å²) in [5.74, 6) is 0.323. The molecule has 1 unspecified atom stereocenters. The fourth-order valence-electron chi connectivity index (χ4n) is 2.83. The third-order valence-electron chi connectivity index (χ3n) is 4.06. The van der Waals surface area contributed by atoms with E-state index in [1.807, 2.05) is 20.8 Å². The second-order valence-electron chi connectivity index (χ2n) is 7.39. The van der Waals surface area contributed by atoms with Gasteiger partial charge in [-0.1, -0.05) is 11.3 Å². The first-order valence-corrected chi connectivity index (χ1v) is 9.30. The summed E-state index contributed by atoms with van der Waals surface area (Å²) >= 11 is 1.40. The van der Waals surface area contributed by atoms with Crippen LogP contribution < -0.4 is 5.32 Å². The van der Waals surface area contributed by atoms with E-state index in [0.717, 1.165) is 21.8 Å². The summed E-state index contributed by atoms with van der Waals surface area (Å²) in [6.45, 7) is 7.61. The second-order valence-corrected chi connectivity index (χ2v) is 8.42. The van der Waals surface area contributed by atoms with Crippen LogP contribution in [0.5, 0.6) is 0 Å². The maximum atomic E-state index is 12.1. The highest BCUT2D eigenvalue weighted by Crippen LogP contribution is 2.29. The molecular weight excluding hydrogens is 356 g/mol. The van der Waals surface area contributed by atoms with E-state index in [0.29, 0.717) is 25.6 Å². The van der Waals surface area contributed by atoms with Gasteiger partial charge < -0.3 is 15.0 Å². The lowest BCUT2D eigenvalue weighted by Crippen LogP contribution is -2.35. The molecule has 0 saturated carbocycles. The zero-order chi connectivity index (χ0) is 18.9. The molecule has 1 fully saturated rings. The highest BCUT2D eigenvalue weighted by molar-refractivity contribution is 7.22. The molecule has 1 saturated heterocycles. The molecule has 1 aliphatic rings. The van der Waals surface area contributed by atoms with Gasteiger partial charge >= 0.3 is 6.09 Å². The molecule has 2 heterocycles. The number of nitrogens with zero attached hydrogens (tertiary/aromatic N) is 3. The predicted octanol–water partition coefficient (Wildman–Crippen LogP) is 3.87. The highest BCUT2D eigenvalue weighted by atomic mass is 32.1. The van der Waals surface area contributed by atoms with Gasteiger partial charge in [0.15, 0.2) is 5.13 Å². The van der Waals surface area contributed by atoms with Crippen LogP contribution in [0.4, 0.5) is 15.6 Å². The quantitative estimate of drug-likeness (QED) is 0.640. The molecule has 0 bridgehead atoms. The van der Waals surface area contributed by atoms with E-state index in [9.17, 15) is 14.9 Å². The molecule has 2 aromatic rings. The summed E-state index contributed by atoms with van der Waals surface area (Å²) in [5.41, 5.74) is 0.318. The summed E-state index contributed by atoms with van der Waals surface area (Å²) in [4.78, 5) is 28.7. The van der Waals surface area contributed by atoms with E-state index in [-0.39, 0.29) is 11.8 Å². The number of rotatable bonds is 4. The van der Waals surface area contributed by atoms with Gasteiger partial charge in [0, 0.05) is 31.8 Å². The van der Waals surface area contributed by atoms with E-state index < -0.39 is 10.5 Å². The van der Waals surface area contributed by atoms with Crippen LogP contribution in [0.2, 0.25) is 0 Å². The number of aromatic nitrogens is 1. The summed E-state index contributed by atoms with van der Waals surface area (Å²) in [6.07, 6.45) is 0.634. The molecule has 1 amide bonds. The standard InChI is InChI=1S/C17H22N4O4S/c1-17(2,3)25-16(22)20-7-6-11(10-20)9-18-15-19-13-5-4-12(21(23)24)8-14(13)26-15/h4-5,8,11H,6-7,9-10H2,1-3H3,(H,18,19). The minimum atomic E-state index is -0.489. The molecule has 1 aromatic heterocycles. The van der Waals surface area contributed by atoms with Crippen LogP contribution in [0, 0.1) is 16.0 Å². The number of amides is 1. The number of non-ortho nitro benzene ring substituents is 1. The maximum Gasteiger partial charge on any atom is 0.410 e. The molecule has 1 aliphatic heterocycles. The average Bonchev–Trinajstić information content (AvgIpc) is 3.17. The van der Waals surface area contributed by atoms with Gasteiger partial charge in [0.2, 0.25) is 0 Å².